The number of aryl methyl sites for hydroxylation is 3. The molecule has 28 heavy (non-hydrogen) atoms. The van der Waals surface area contributed by atoms with E-state index in [2.05, 4.69) is 15.1 Å². The Hall–Kier alpha value is -2.64. The Morgan fingerprint density at radius 2 is 1.82 bits per heavy atom. The number of thioether (sulfide) groups is 1. The maximum atomic E-state index is 12.6. The molecule has 1 aromatic carbocycles. The summed E-state index contributed by atoms with van der Waals surface area (Å²) in [5.74, 6) is 0.508. The first-order valence-corrected chi connectivity index (χ1v) is 10.1. The highest BCUT2D eigenvalue weighted by Crippen LogP contribution is 2.29. The fourth-order valence-corrected chi connectivity index (χ4v) is 4.19. The van der Waals surface area contributed by atoms with Crippen molar-refractivity contribution in [2.45, 2.75) is 31.7 Å². The zero-order chi connectivity index (χ0) is 19.8. The number of benzene rings is 1. The molecular formula is C20H18ClN5OS. The molecule has 8 heteroatoms. The molecule has 142 valence electrons. The standard InChI is InChI=1S/C20H18ClN5OS/c1-11-7-12(2)23-20(22-11)28-10-16-9-17(27)26-19(24-16)18(13(3)25-26)14-5-4-6-15(21)8-14/h4-9,25H,10H2,1-3H3. The molecule has 3 aromatic heterocycles. The average Bonchev–Trinajstić information content (AvgIpc) is 2.96. The van der Waals surface area contributed by atoms with E-state index in [1.54, 1.807) is 6.07 Å². The smallest absolute Gasteiger partial charge is 0.272 e. The van der Waals surface area contributed by atoms with Crippen molar-refractivity contribution in [1.29, 1.82) is 0 Å². The summed E-state index contributed by atoms with van der Waals surface area (Å²) in [6.07, 6.45) is 0. The molecule has 0 radical (unpaired) electrons. The Bertz CT molecular complexity index is 1230. The summed E-state index contributed by atoms with van der Waals surface area (Å²) in [5.41, 5.74) is 5.59. The summed E-state index contributed by atoms with van der Waals surface area (Å²) < 4.78 is 1.47. The molecule has 0 saturated heterocycles. The Morgan fingerprint density at radius 1 is 1.07 bits per heavy atom. The lowest BCUT2D eigenvalue weighted by Gasteiger charge is -2.05. The molecule has 6 nitrogen and oxygen atoms in total. The number of hydrogen-bond acceptors (Lipinski definition) is 5. The summed E-state index contributed by atoms with van der Waals surface area (Å²) >= 11 is 7.62. The Kier molecular flexibility index (Phi) is 4.95. The number of nitrogens with zero attached hydrogens (tertiary/aromatic N) is 4. The van der Waals surface area contributed by atoms with Crippen LogP contribution in [0.1, 0.15) is 22.8 Å². The number of fused-ring (bicyclic) bond motifs is 1. The van der Waals surface area contributed by atoms with Gasteiger partial charge in [-0.1, -0.05) is 35.5 Å². The van der Waals surface area contributed by atoms with Crippen molar-refractivity contribution in [1.82, 2.24) is 24.6 Å². The van der Waals surface area contributed by atoms with Crippen LogP contribution in [0.4, 0.5) is 0 Å². The third-order valence-corrected chi connectivity index (χ3v) is 5.39. The van der Waals surface area contributed by atoms with Crippen molar-refractivity contribution >= 4 is 29.0 Å². The average molecular weight is 412 g/mol. The summed E-state index contributed by atoms with van der Waals surface area (Å²) in [4.78, 5) is 26.2. The van der Waals surface area contributed by atoms with Gasteiger partial charge in [0.2, 0.25) is 0 Å². The summed E-state index contributed by atoms with van der Waals surface area (Å²) in [6, 6.07) is 11.0. The topological polar surface area (TPSA) is 75.9 Å². The van der Waals surface area contributed by atoms with Crippen LogP contribution in [0.25, 0.3) is 16.8 Å². The molecule has 4 aromatic rings. The van der Waals surface area contributed by atoms with E-state index in [1.807, 2.05) is 51.1 Å². The molecule has 0 bridgehead atoms. The number of aromatic nitrogens is 5. The van der Waals surface area contributed by atoms with Crippen LogP contribution in [-0.4, -0.2) is 24.6 Å². The van der Waals surface area contributed by atoms with Crippen molar-refractivity contribution in [2.75, 3.05) is 0 Å². The lowest BCUT2D eigenvalue weighted by molar-refractivity contribution is 0.870. The zero-order valence-electron chi connectivity index (χ0n) is 15.7. The van der Waals surface area contributed by atoms with Crippen molar-refractivity contribution in [3.8, 4) is 11.1 Å². The van der Waals surface area contributed by atoms with Gasteiger partial charge in [0, 0.05) is 39.5 Å². The second-order valence-corrected chi connectivity index (χ2v) is 7.97. The van der Waals surface area contributed by atoms with E-state index in [-0.39, 0.29) is 5.56 Å². The van der Waals surface area contributed by atoms with Crippen LogP contribution < -0.4 is 5.56 Å². The maximum Gasteiger partial charge on any atom is 0.272 e. The predicted octanol–water partition coefficient (Wildman–Crippen LogP) is 4.35. The molecule has 0 aliphatic carbocycles. The predicted molar refractivity (Wildman–Crippen MR) is 112 cm³/mol. The molecule has 0 atom stereocenters. The maximum absolute atomic E-state index is 12.6. The van der Waals surface area contributed by atoms with E-state index in [0.717, 1.165) is 28.2 Å². The van der Waals surface area contributed by atoms with Crippen molar-refractivity contribution in [3.63, 3.8) is 0 Å². The van der Waals surface area contributed by atoms with Crippen LogP contribution >= 0.6 is 23.4 Å². The lowest BCUT2D eigenvalue weighted by atomic mass is 10.1. The van der Waals surface area contributed by atoms with Gasteiger partial charge >= 0.3 is 0 Å². The van der Waals surface area contributed by atoms with E-state index in [4.69, 9.17) is 16.6 Å². The quantitative estimate of drug-likeness (QED) is 0.399. The number of rotatable bonds is 4. The van der Waals surface area contributed by atoms with Crippen LogP contribution in [0.15, 0.2) is 46.3 Å². The highest BCUT2D eigenvalue weighted by molar-refractivity contribution is 7.98. The third kappa shape index (κ3) is 3.68. The highest BCUT2D eigenvalue weighted by Gasteiger charge is 2.15. The largest absolute Gasteiger partial charge is 0.293 e. The van der Waals surface area contributed by atoms with E-state index < -0.39 is 0 Å². The van der Waals surface area contributed by atoms with Gasteiger partial charge in [0.05, 0.1) is 5.69 Å². The Labute approximate surface area is 171 Å². The summed E-state index contributed by atoms with van der Waals surface area (Å²) in [6.45, 7) is 5.80. The van der Waals surface area contributed by atoms with Gasteiger partial charge in [-0.3, -0.25) is 9.89 Å². The SMILES string of the molecule is Cc1cc(C)nc(SCc2cc(=O)n3[nH]c(C)c(-c4cccc(Cl)c4)c3n2)n1. The molecule has 0 spiro atoms. The first kappa shape index (κ1) is 18.7. The van der Waals surface area contributed by atoms with Crippen LogP contribution in [0.3, 0.4) is 0 Å². The molecule has 0 aliphatic heterocycles. The monoisotopic (exact) mass is 411 g/mol. The molecule has 0 aliphatic rings. The lowest BCUT2D eigenvalue weighted by Crippen LogP contribution is -2.15. The van der Waals surface area contributed by atoms with E-state index in [0.29, 0.717) is 27.3 Å². The fraction of sp³-hybridized carbons (Fsp3) is 0.200. The molecule has 0 fully saturated rings. The first-order valence-electron chi connectivity index (χ1n) is 8.73. The van der Waals surface area contributed by atoms with E-state index in [9.17, 15) is 4.79 Å². The van der Waals surface area contributed by atoms with Gasteiger partial charge in [-0.2, -0.15) is 0 Å². The minimum absolute atomic E-state index is 0.154. The normalized spacial score (nSPS) is 11.3. The number of nitrogens with one attached hydrogen (secondary N) is 1. The van der Waals surface area contributed by atoms with Crippen LogP contribution in [0.2, 0.25) is 5.02 Å². The van der Waals surface area contributed by atoms with Gasteiger partial charge in [0.15, 0.2) is 10.8 Å². The van der Waals surface area contributed by atoms with Gasteiger partial charge < -0.3 is 0 Å². The summed E-state index contributed by atoms with van der Waals surface area (Å²) in [7, 11) is 0. The van der Waals surface area contributed by atoms with E-state index in [1.165, 1.54) is 16.3 Å². The van der Waals surface area contributed by atoms with Gasteiger partial charge in [0.1, 0.15) is 0 Å². The van der Waals surface area contributed by atoms with Crippen LogP contribution in [0, 0.1) is 20.8 Å². The second kappa shape index (κ2) is 7.41. The van der Waals surface area contributed by atoms with Crippen LogP contribution in [-0.2, 0) is 5.75 Å². The molecule has 0 unspecified atom stereocenters. The molecule has 0 amide bonds. The van der Waals surface area contributed by atoms with Gasteiger partial charge in [-0.25, -0.2) is 19.5 Å². The van der Waals surface area contributed by atoms with E-state index >= 15 is 0 Å². The number of H-pyrrole nitrogens is 1. The zero-order valence-corrected chi connectivity index (χ0v) is 17.2. The summed E-state index contributed by atoms with van der Waals surface area (Å²) in [5, 5.41) is 4.41. The number of halogens is 1. The molecule has 0 saturated carbocycles. The minimum Gasteiger partial charge on any atom is -0.293 e. The third-order valence-electron chi connectivity index (χ3n) is 4.27. The van der Waals surface area contributed by atoms with Crippen molar-refractivity contribution in [2.24, 2.45) is 0 Å². The van der Waals surface area contributed by atoms with Gasteiger partial charge in [-0.15, -0.1) is 0 Å². The molecular weight excluding hydrogens is 394 g/mol. The van der Waals surface area contributed by atoms with Gasteiger partial charge in [0.25, 0.3) is 5.56 Å². The first-order chi connectivity index (χ1) is 13.4. The van der Waals surface area contributed by atoms with Gasteiger partial charge in [-0.05, 0) is 44.5 Å². The van der Waals surface area contributed by atoms with Crippen LogP contribution in [0.5, 0.6) is 0 Å². The van der Waals surface area contributed by atoms with Crippen molar-refractivity contribution < 1.29 is 0 Å². The molecule has 1 N–H and O–H groups in total. The molecule has 4 rings (SSSR count). The molecule has 3 heterocycles. The fourth-order valence-electron chi connectivity index (χ4n) is 3.16. The Morgan fingerprint density at radius 3 is 2.54 bits per heavy atom. The Balaban J connectivity index is 1.75. The van der Waals surface area contributed by atoms with Crippen molar-refractivity contribution in [3.05, 3.63) is 74.6 Å². The second-order valence-electron chi connectivity index (χ2n) is 6.59. The number of hydrogen-bond donors (Lipinski definition) is 1. The minimum atomic E-state index is -0.154. The highest BCUT2D eigenvalue weighted by atomic mass is 35.5. The number of aromatic amines is 1.